The van der Waals surface area contributed by atoms with Gasteiger partial charge in [-0.15, -0.1) is 6.58 Å². The van der Waals surface area contributed by atoms with E-state index in [0.29, 0.717) is 37.7 Å². The highest BCUT2D eigenvalue weighted by Gasteiger charge is 2.54. The smallest absolute Gasteiger partial charge is 0.192 e. The van der Waals surface area contributed by atoms with Crippen LogP contribution in [0.4, 0.5) is 0 Å². The molecule has 12 heteroatoms. The van der Waals surface area contributed by atoms with Crippen LogP contribution in [-0.2, 0) is 48.7 Å². The van der Waals surface area contributed by atoms with Crippen molar-refractivity contribution in [3.05, 3.63) is 78.9 Å². The number of hydrogen-bond donors (Lipinski definition) is 0. The molecule has 0 amide bonds. The monoisotopic (exact) mass is 1100 g/mol. The molecule has 10 nitrogen and oxygen atoms in total. The highest BCUT2D eigenvalue weighted by atomic mass is 28.4. The van der Waals surface area contributed by atoms with E-state index in [0.717, 1.165) is 80.2 Å². The Morgan fingerprint density at radius 2 is 1.40 bits per heavy atom. The number of ketones is 1. The summed E-state index contributed by atoms with van der Waals surface area (Å²) in [5.41, 5.74) is 3.33. The molecule has 18 atom stereocenters. The van der Waals surface area contributed by atoms with E-state index in [1.54, 1.807) is 13.2 Å². The molecule has 1 aromatic rings. The molecule has 2 unspecified atom stereocenters. The number of rotatable bonds is 24. The quantitative estimate of drug-likeness (QED) is 0.0565. The van der Waals surface area contributed by atoms with E-state index in [-0.39, 0.29) is 113 Å². The third kappa shape index (κ3) is 16.3. The van der Waals surface area contributed by atoms with E-state index in [9.17, 15) is 4.79 Å². The van der Waals surface area contributed by atoms with Gasteiger partial charge in [0.15, 0.2) is 22.4 Å². The summed E-state index contributed by atoms with van der Waals surface area (Å²) in [6.45, 7) is 50.3. The van der Waals surface area contributed by atoms with E-state index < -0.39 is 16.6 Å². The van der Waals surface area contributed by atoms with Gasteiger partial charge in [-0.3, -0.25) is 4.79 Å². The molecule has 5 saturated heterocycles. The van der Waals surface area contributed by atoms with Gasteiger partial charge in [0.05, 0.1) is 93.1 Å². The van der Waals surface area contributed by atoms with Crippen LogP contribution in [0.15, 0.2) is 73.4 Å². The first kappa shape index (κ1) is 63.9. The molecule has 5 fully saturated rings. The van der Waals surface area contributed by atoms with Crippen molar-refractivity contribution < 1.29 is 46.8 Å². The minimum atomic E-state index is -2.26. The third-order valence-electron chi connectivity index (χ3n) is 19.4. The van der Waals surface area contributed by atoms with E-state index in [1.165, 1.54) is 0 Å². The average molecular weight is 1110 g/mol. The lowest BCUT2D eigenvalue weighted by Crippen LogP contribution is -2.63. The van der Waals surface area contributed by atoms with Crippen molar-refractivity contribution in [2.75, 3.05) is 7.11 Å². The molecule has 0 spiro atoms. The number of allylic oxidation sites excluding steroid dienone is 2. The molecule has 0 aliphatic carbocycles. The molecular weight excluding hydrogens is 997 g/mol. The van der Waals surface area contributed by atoms with Gasteiger partial charge in [0.2, 0.25) is 0 Å². The van der Waals surface area contributed by atoms with Crippen molar-refractivity contribution in [1.82, 2.24) is 0 Å². The predicted molar refractivity (Wildman–Crippen MR) is 319 cm³/mol. The summed E-state index contributed by atoms with van der Waals surface area (Å²) in [7, 11) is -2.78. The molecule has 77 heavy (non-hydrogen) atoms. The molecule has 0 radical (unpaired) electrons. The standard InChI is InChI=1S/C65H108O10Si2/c1-21-23-25-55-46(8)62(74-76(17,18)64(10,11)12)63(75-77(19,20)65(13,14)15)59(73-55)41(3)26-29-49(66)30-33-51-37-43(5)54(69-51)35-34-52-36-42(4)45(7)56(70-52)39-58-60(68-40-48-27-31-50(67-16)32-28-48)47(9)61-57(71-58)38-44(6)53(72-61)24-22-2/h21,26-29,31-32,41-42,44,46-47,51-63H,1,5,7,22-25,30,33-40H2,2-4,6,8-20H3/b29-26+/t41-,42+,44+,46-,47+,51-,52-,53+,54?,55-,56?,57-,58-,59-,60+,61-,62-,63+/m0/s1. The Balaban J connectivity index is 1.06. The Kier molecular flexibility index (Phi) is 22.6. The maximum atomic E-state index is 13.7. The molecule has 0 aromatic heterocycles. The summed E-state index contributed by atoms with van der Waals surface area (Å²) in [4.78, 5) is 13.7. The Morgan fingerprint density at radius 3 is 2.03 bits per heavy atom. The second kappa shape index (κ2) is 27.2. The normalized spacial score (nSPS) is 35.0. The molecule has 5 aliphatic heterocycles. The van der Waals surface area contributed by atoms with E-state index in [4.69, 9.17) is 42.0 Å². The van der Waals surface area contributed by atoms with Crippen molar-refractivity contribution in [3.8, 4) is 5.75 Å². The first-order chi connectivity index (χ1) is 36.1. The molecule has 5 heterocycles. The first-order valence-corrected chi connectivity index (χ1v) is 35.9. The topological polar surface area (TPSA) is 100 Å². The van der Waals surface area contributed by atoms with E-state index in [1.807, 2.05) is 18.2 Å². The van der Waals surface area contributed by atoms with Gasteiger partial charge in [-0.1, -0.05) is 127 Å². The first-order valence-electron chi connectivity index (χ1n) is 30.1. The fourth-order valence-corrected chi connectivity index (χ4v) is 14.8. The number of carbonyl (C=O) groups is 1. The van der Waals surface area contributed by atoms with Crippen LogP contribution in [0, 0.1) is 29.6 Å². The average Bonchev–Trinajstić information content (AvgIpc) is 3.75. The SMILES string of the molecule is C=CCC[C@@H]1O[C@@H]([C@@H](C)/C=C/C(=O)CC[C@H]2CC(=C)C(CC[C@H]3C[C@@H](C)C(=C)C(C[C@@H]4O[C@H]5C[C@@H](C)[C@@H](CCC)O[C@H]5[C@H](C)[C@H]4OCc4ccc(OC)cc4)O3)O2)[C@@H](O[Si](C)(C)C(C)(C)C)[C@@H](O[Si](C)(C)C(C)(C)C)[C@H]1C. The van der Waals surface area contributed by atoms with Crippen LogP contribution in [-0.4, -0.2) is 109 Å². The lowest BCUT2D eigenvalue weighted by atomic mass is 9.78. The van der Waals surface area contributed by atoms with Crippen LogP contribution < -0.4 is 4.74 Å². The van der Waals surface area contributed by atoms with Crippen molar-refractivity contribution in [2.24, 2.45) is 29.6 Å². The molecular formula is C65H108O10Si2. The minimum absolute atomic E-state index is 0.00168. The lowest BCUT2D eigenvalue weighted by molar-refractivity contribution is -0.269. The molecule has 5 aliphatic rings. The van der Waals surface area contributed by atoms with Gasteiger partial charge in [-0.25, -0.2) is 0 Å². The lowest BCUT2D eigenvalue weighted by Gasteiger charge is -2.53. The summed E-state index contributed by atoms with van der Waals surface area (Å²) >= 11 is 0. The third-order valence-corrected chi connectivity index (χ3v) is 28.4. The largest absolute Gasteiger partial charge is 0.497 e. The maximum Gasteiger partial charge on any atom is 0.192 e. The van der Waals surface area contributed by atoms with Gasteiger partial charge in [-0.2, -0.15) is 0 Å². The summed E-state index contributed by atoms with van der Waals surface area (Å²) in [6, 6.07) is 8.11. The zero-order chi connectivity index (χ0) is 56.8. The Hall–Kier alpha value is -2.24. The van der Waals surface area contributed by atoms with E-state index in [2.05, 4.69) is 147 Å². The van der Waals surface area contributed by atoms with Gasteiger partial charge in [0.1, 0.15) is 5.75 Å². The zero-order valence-corrected chi connectivity index (χ0v) is 53.3. The van der Waals surface area contributed by atoms with Gasteiger partial charge < -0.3 is 42.0 Å². The molecule has 0 bridgehead atoms. The van der Waals surface area contributed by atoms with Crippen molar-refractivity contribution in [3.63, 3.8) is 0 Å². The van der Waals surface area contributed by atoms with Crippen LogP contribution in [0.3, 0.4) is 0 Å². The molecule has 436 valence electrons. The summed E-state index contributed by atoms with van der Waals surface area (Å²) in [5.74, 6) is 1.86. The number of hydrogen-bond acceptors (Lipinski definition) is 10. The fraction of sp³-hybridized carbons (Fsp3) is 0.769. The second-order valence-electron chi connectivity index (χ2n) is 27.5. The predicted octanol–water partition coefficient (Wildman–Crippen LogP) is 15.5. The van der Waals surface area contributed by atoms with Gasteiger partial charge in [-0.05, 0) is 141 Å². The summed E-state index contributed by atoms with van der Waals surface area (Å²) < 4.78 is 61.8. The van der Waals surface area contributed by atoms with E-state index >= 15 is 0 Å². The van der Waals surface area contributed by atoms with Crippen LogP contribution in [0.1, 0.15) is 166 Å². The number of methoxy groups -OCH3 is 1. The summed E-state index contributed by atoms with van der Waals surface area (Å²) in [6.07, 6.45) is 14.8. The second-order valence-corrected chi connectivity index (χ2v) is 37.0. The number of ether oxygens (including phenoxy) is 7. The molecule has 0 saturated carbocycles. The van der Waals surface area contributed by atoms with Crippen molar-refractivity contribution in [1.29, 1.82) is 0 Å². The van der Waals surface area contributed by atoms with Gasteiger partial charge >= 0.3 is 0 Å². The fourth-order valence-electron chi connectivity index (χ4n) is 12.2. The van der Waals surface area contributed by atoms with Gasteiger partial charge in [0.25, 0.3) is 0 Å². The van der Waals surface area contributed by atoms with Crippen molar-refractivity contribution in [2.45, 2.75) is 282 Å². The minimum Gasteiger partial charge on any atom is -0.497 e. The van der Waals surface area contributed by atoms with Crippen LogP contribution in [0.2, 0.25) is 36.3 Å². The summed E-state index contributed by atoms with van der Waals surface area (Å²) in [5, 5.41) is 0.0362. The Bertz CT molecular complexity index is 2110. The highest BCUT2D eigenvalue weighted by Crippen LogP contribution is 2.47. The number of carbonyl (C=O) groups excluding carboxylic acids is 1. The molecule has 1 aromatic carbocycles. The molecule has 0 N–H and O–H groups in total. The maximum absolute atomic E-state index is 13.7. The zero-order valence-electron chi connectivity index (χ0n) is 51.3. The highest BCUT2D eigenvalue weighted by molar-refractivity contribution is 6.74. The number of benzene rings is 1. The van der Waals surface area contributed by atoms with Crippen LogP contribution in [0.5, 0.6) is 5.75 Å². The van der Waals surface area contributed by atoms with Crippen molar-refractivity contribution >= 4 is 22.4 Å². The Morgan fingerprint density at radius 1 is 0.753 bits per heavy atom. The van der Waals surface area contributed by atoms with Gasteiger partial charge in [0, 0.05) is 30.6 Å². The number of fused-ring (bicyclic) bond motifs is 1. The van der Waals surface area contributed by atoms with Crippen LogP contribution >= 0.6 is 0 Å². The van der Waals surface area contributed by atoms with Crippen LogP contribution in [0.25, 0.3) is 0 Å². The Labute approximate surface area is 470 Å². The molecule has 6 rings (SSSR count).